The minimum atomic E-state index is -4.56. The van der Waals surface area contributed by atoms with Gasteiger partial charge < -0.3 is 15.5 Å². The van der Waals surface area contributed by atoms with Gasteiger partial charge in [0.2, 0.25) is 5.95 Å². The van der Waals surface area contributed by atoms with E-state index in [0.29, 0.717) is 30.0 Å². The summed E-state index contributed by atoms with van der Waals surface area (Å²) in [6.07, 6.45) is -0.608. The van der Waals surface area contributed by atoms with Crippen LogP contribution in [-0.2, 0) is 11.8 Å². The summed E-state index contributed by atoms with van der Waals surface area (Å²) in [7, 11) is 0. The van der Waals surface area contributed by atoms with E-state index in [1.807, 2.05) is 26.8 Å². The fraction of sp³-hybridized carbons (Fsp3) is 0.435. The number of anilines is 2. The summed E-state index contributed by atoms with van der Waals surface area (Å²) in [6.45, 7) is 5.57. The number of nitrogens with zero attached hydrogens (tertiary/aromatic N) is 3. The first kappa shape index (κ1) is 23.6. The molecule has 33 heavy (non-hydrogen) atoms. The Kier molecular flexibility index (Phi) is 5.96. The number of aliphatic hydroxyl groups is 2. The van der Waals surface area contributed by atoms with Crippen molar-refractivity contribution in [3.8, 4) is 10.4 Å². The SMILES string of the molecule is Cc1cc(Nc2nccc(C(F)(F)F)n2)cc(-c2cnc(C3(O)CCCC(O)C3(C)C)s2)c1. The molecule has 2 heterocycles. The molecule has 1 saturated carbocycles. The average molecular weight is 479 g/mol. The third-order valence-corrected chi connectivity index (χ3v) is 7.54. The largest absolute Gasteiger partial charge is 0.433 e. The number of nitrogens with one attached hydrogen (secondary N) is 1. The van der Waals surface area contributed by atoms with E-state index in [1.165, 1.54) is 11.3 Å². The Labute approximate surface area is 193 Å². The van der Waals surface area contributed by atoms with Gasteiger partial charge in [0, 0.05) is 23.5 Å². The predicted molar refractivity (Wildman–Crippen MR) is 120 cm³/mol. The van der Waals surface area contributed by atoms with Gasteiger partial charge in [-0.1, -0.05) is 19.9 Å². The van der Waals surface area contributed by atoms with Gasteiger partial charge in [-0.05, 0) is 55.5 Å². The van der Waals surface area contributed by atoms with Crippen molar-refractivity contribution in [3.63, 3.8) is 0 Å². The third-order valence-electron chi connectivity index (χ3n) is 6.34. The first-order valence-corrected chi connectivity index (χ1v) is 11.4. The molecule has 10 heteroatoms. The molecule has 6 nitrogen and oxygen atoms in total. The van der Waals surface area contributed by atoms with Crippen LogP contribution in [0.2, 0.25) is 0 Å². The molecular formula is C23H25F3N4O2S. The molecule has 0 bridgehead atoms. The van der Waals surface area contributed by atoms with Gasteiger partial charge >= 0.3 is 6.18 Å². The van der Waals surface area contributed by atoms with E-state index in [0.717, 1.165) is 28.3 Å². The summed E-state index contributed by atoms with van der Waals surface area (Å²) in [4.78, 5) is 12.7. The molecule has 3 aromatic rings. The van der Waals surface area contributed by atoms with Crippen LogP contribution >= 0.6 is 11.3 Å². The number of aryl methyl sites for hydroxylation is 1. The molecule has 0 spiro atoms. The van der Waals surface area contributed by atoms with Crippen LogP contribution in [0.15, 0.2) is 36.7 Å². The fourth-order valence-corrected chi connectivity index (χ4v) is 5.38. The van der Waals surface area contributed by atoms with Gasteiger partial charge in [0.1, 0.15) is 16.3 Å². The number of halogens is 3. The zero-order valence-corrected chi connectivity index (χ0v) is 19.3. The van der Waals surface area contributed by atoms with Crippen molar-refractivity contribution >= 4 is 23.0 Å². The Hall–Kier alpha value is -2.56. The minimum Gasteiger partial charge on any atom is -0.392 e. The summed E-state index contributed by atoms with van der Waals surface area (Å²) < 4.78 is 38.9. The van der Waals surface area contributed by atoms with Crippen LogP contribution in [0, 0.1) is 12.3 Å². The highest BCUT2D eigenvalue weighted by Gasteiger charge is 2.53. The maximum absolute atomic E-state index is 13.0. The molecule has 0 aliphatic heterocycles. The summed E-state index contributed by atoms with van der Waals surface area (Å²) in [5, 5.41) is 25.3. The molecule has 0 saturated heterocycles. The Balaban J connectivity index is 1.64. The third kappa shape index (κ3) is 4.47. The van der Waals surface area contributed by atoms with Gasteiger partial charge in [-0.15, -0.1) is 11.3 Å². The number of hydrogen-bond acceptors (Lipinski definition) is 7. The lowest BCUT2D eigenvalue weighted by molar-refractivity contribution is -0.161. The first-order chi connectivity index (χ1) is 15.4. The predicted octanol–water partition coefficient (Wildman–Crippen LogP) is 5.43. The van der Waals surface area contributed by atoms with Crippen LogP contribution in [0.1, 0.15) is 49.4 Å². The van der Waals surface area contributed by atoms with E-state index in [2.05, 4.69) is 20.3 Å². The number of aliphatic hydroxyl groups excluding tert-OH is 1. The molecule has 0 amide bonds. The Morgan fingerprint density at radius 1 is 1.18 bits per heavy atom. The molecule has 2 aromatic heterocycles. The molecule has 176 valence electrons. The maximum Gasteiger partial charge on any atom is 0.433 e. The summed E-state index contributed by atoms with van der Waals surface area (Å²) in [5.74, 6) is -0.154. The Morgan fingerprint density at radius 3 is 2.67 bits per heavy atom. The molecule has 0 radical (unpaired) electrons. The second-order valence-corrected chi connectivity index (χ2v) is 10.0. The smallest absolute Gasteiger partial charge is 0.392 e. The van der Waals surface area contributed by atoms with E-state index in [4.69, 9.17) is 0 Å². The highest BCUT2D eigenvalue weighted by molar-refractivity contribution is 7.15. The number of rotatable bonds is 4. The summed E-state index contributed by atoms with van der Waals surface area (Å²) >= 11 is 1.35. The van der Waals surface area contributed by atoms with Crippen LogP contribution in [-0.4, -0.2) is 31.3 Å². The lowest BCUT2D eigenvalue weighted by atomic mass is 9.64. The van der Waals surface area contributed by atoms with Gasteiger partial charge in [-0.2, -0.15) is 13.2 Å². The normalized spacial score (nSPS) is 22.8. The molecule has 1 aliphatic carbocycles. The lowest BCUT2D eigenvalue weighted by Crippen LogP contribution is -2.52. The first-order valence-electron chi connectivity index (χ1n) is 10.6. The van der Waals surface area contributed by atoms with Crippen LogP contribution in [0.4, 0.5) is 24.8 Å². The number of benzene rings is 1. The van der Waals surface area contributed by atoms with E-state index in [1.54, 1.807) is 18.3 Å². The van der Waals surface area contributed by atoms with Gasteiger partial charge in [0.15, 0.2) is 0 Å². The quantitative estimate of drug-likeness (QED) is 0.463. The van der Waals surface area contributed by atoms with E-state index in [-0.39, 0.29) is 5.95 Å². The van der Waals surface area contributed by atoms with Crippen molar-refractivity contribution in [3.05, 3.63) is 52.9 Å². The Morgan fingerprint density at radius 2 is 1.94 bits per heavy atom. The Bertz CT molecular complexity index is 1160. The van der Waals surface area contributed by atoms with Gasteiger partial charge in [0.05, 0.1) is 11.0 Å². The number of hydrogen-bond donors (Lipinski definition) is 3. The van der Waals surface area contributed by atoms with Crippen LogP contribution in [0.25, 0.3) is 10.4 Å². The van der Waals surface area contributed by atoms with Crippen LogP contribution in [0.5, 0.6) is 0 Å². The van der Waals surface area contributed by atoms with Crippen molar-refractivity contribution in [1.29, 1.82) is 0 Å². The van der Waals surface area contributed by atoms with Crippen molar-refractivity contribution in [2.24, 2.45) is 5.41 Å². The van der Waals surface area contributed by atoms with E-state index >= 15 is 0 Å². The molecule has 1 aliphatic rings. The topological polar surface area (TPSA) is 91.2 Å². The average Bonchev–Trinajstić information content (AvgIpc) is 3.22. The van der Waals surface area contributed by atoms with Crippen molar-refractivity contribution < 1.29 is 23.4 Å². The van der Waals surface area contributed by atoms with Crippen LogP contribution in [0.3, 0.4) is 0 Å². The molecular weight excluding hydrogens is 453 g/mol. The summed E-state index contributed by atoms with van der Waals surface area (Å²) in [6, 6.07) is 6.31. The minimum absolute atomic E-state index is 0.154. The van der Waals surface area contributed by atoms with Crippen molar-refractivity contribution in [2.75, 3.05) is 5.32 Å². The van der Waals surface area contributed by atoms with Gasteiger partial charge in [0.25, 0.3) is 0 Å². The van der Waals surface area contributed by atoms with Gasteiger partial charge in [-0.3, -0.25) is 0 Å². The van der Waals surface area contributed by atoms with Gasteiger partial charge in [-0.25, -0.2) is 15.0 Å². The maximum atomic E-state index is 13.0. The summed E-state index contributed by atoms with van der Waals surface area (Å²) in [5.41, 5.74) is -0.808. The fourth-order valence-electron chi connectivity index (χ4n) is 4.19. The zero-order chi connectivity index (χ0) is 24.0. The van der Waals surface area contributed by atoms with E-state index in [9.17, 15) is 23.4 Å². The van der Waals surface area contributed by atoms with Crippen molar-refractivity contribution in [1.82, 2.24) is 15.0 Å². The molecule has 2 atom stereocenters. The number of alkyl halides is 3. The second-order valence-electron chi connectivity index (χ2n) is 9.00. The second kappa shape index (κ2) is 8.34. The van der Waals surface area contributed by atoms with Crippen molar-refractivity contribution in [2.45, 2.75) is 57.9 Å². The zero-order valence-electron chi connectivity index (χ0n) is 18.4. The number of aromatic nitrogens is 3. The molecule has 4 rings (SSSR count). The van der Waals surface area contributed by atoms with Crippen LogP contribution < -0.4 is 5.32 Å². The lowest BCUT2D eigenvalue weighted by Gasteiger charge is -2.48. The molecule has 2 unspecified atom stereocenters. The van der Waals surface area contributed by atoms with E-state index < -0.39 is 29.0 Å². The monoisotopic (exact) mass is 478 g/mol. The molecule has 1 aromatic carbocycles. The highest BCUT2D eigenvalue weighted by Crippen LogP contribution is 2.51. The number of thiazole rings is 1. The highest BCUT2D eigenvalue weighted by atomic mass is 32.1. The molecule has 1 fully saturated rings. The standard InChI is InChI=1S/C23H25F3N4O2S/c1-13-9-14(11-15(10-13)29-20-27-8-6-17(30-20)23(24,25)26)16-12-28-19(33-16)22(32)7-4-5-18(31)21(22,2)3/h6,8-12,18,31-32H,4-5,7H2,1-3H3,(H,27,29,30). The molecule has 3 N–H and O–H groups in total.